The molecule has 0 aliphatic carbocycles. The summed E-state index contributed by atoms with van der Waals surface area (Å²) in [5, 5.41) is 18.5. The number of hydrogen-bond acceptors (Lipinski definition) is 6. The number of nitriles is 1. The highest BCUT2D eigenvalue weighted by molar-refractivity contribution is 7.99. The second-order valence-corrected chi connectivity index (χ2v) is 7.52. The standard InChI is InChI=1S/C16H25N5OS/c1-13-5-8-20(9-6-13)15-18-19-16(23-11-3-7-17)21(15)12-14-4-2-10-22-14/h13-14H,2-6,8-12H2,1H3. The number of aromatic nitrogens is 3. The Morgan fingerprint density at radius 3 is 2.83 bits per heavy atom. The molecule has 2 aliphatic rings. The number of rotatable bonds is 6. The Labute approximate surface area is 142 Å². The minimum Gasteiger partial charge on any atom is -0.376 e. The first-order valence-corrected chi connectivity index (χ1v) is 9.56. The van der Waals surface area contributed by atoms with Gasteiger partial charge in [0.25, 0.3) is 0 Å². The van der Waals surface area contributed by atoms with Crippen LogP contribution in [0.3, 0.4) is 0 Å². The molecule has 1 unspecified atom stereocenters. The van der Waals surface area contributed by atoms with Crippen LogP contribution in [-0.4, -0.2) is 46.3 Å². The normalized spacial score (nSPS) is 22.4. The van der Waals surface area contributed by atoms with Gasteiger partial charge in [0.05, 0.1) is 18.7 Å². The third-order valence-corrected chi connectivity index (χ3v) is 5.59. The first kappa shape index (κ1) is 16.6. The molecule has 0 N–H and O–H groups in total. The van der Waals surface area contributed by atoms with Crippen molar-refractivity contribution in [2.45, 2.75) is 56.8 Å². The van der Waals surface area contributed by atoms with Gasteiger partial charge in [0.1, 0.15) is 0 Å². The zero-order valence-electron chi connectivity index (χ0n) is 13.8. The van der Waals surface area contributed by atoms with Crippen molar-refractivity contribution in [3.63, 3.8) is 0 Å². The maximum atomic E-state index is 8.74. The van der Waals surface area contributed by atoms with E-state index in [1.165, 1.54) is 12.8 Å². The topological polar surface area (TPSA) is 67.0 Å². The van der Waals surface area contributed by atoms with E-state index in [1.54, 1.807) is 11.8 Å². The lowest BCUT2D eigenvalue weighted by atomic mass is 10.00. The zero-order chi connectivity index (χ0) is 16.1. The number of ether oxygens (including phenoxy) is 1. The van der Waals surface area contributed by atoms with Crippen LogP contribution in [0.4, 0.5) is 5.95 Å². The van der Waals surface area contributed by atoms with E-state index in [2.05, 4.69) is 32.7 Å². The molecule has 1 aromatic heterocycles. The first-order valence-electron chi connectivity index (χ1n) is 8.57. The van der Waals surface area contributed by atoms with Crippen molar-refractivity contribution in [3.8, 4) is 6.07 Å². The molecule has 7 heteroatoms. The van der Waals surface area contributed by atoms with Crippen LogP contribution < -0.4 is 4.90 Å². The lowest BCUT2D eigenvalue weighted by Crippen LogP contribution is -2.35. The van der Waals surface area contributed by atoms with E-state index >= 15 is 0 Å². The molecular formula is C16H25N5OS. The van der Waals surface area contributed by atoms with Gasteiger partial charge in [0, 0.05) is 31.9 Å². The average Bonchev–Trinajstić information content (AvgIpc) is 3.20. The van der Waals surface area contributed by atoms with Gasteiger partial charge in [-0.25, -0.2) is 0 Å². The largest absolute Gasteiger partial charge is 0.376 e. The summed E-state index contributed by atoms with van der Waals surface area (Å²) >= 11 is 1.63. The molecule has 1 atom stereocenters. The van der Waals surface area contributed by atoms with E-state index in [0.29, 0.717) is 6.42 Å². The predicted molar refractivity (Wildman–Crippen MR) is 90.6 cm³/mol. The van der Waals surface area contributed by atoms with Crippen LogP contribution >= 0.6 is 11.8 Å². The summed E-state index contributed by atoms with van der Waals surface area (Å²) in [5.41, 5.74) is 0. The number of anilines is 1. The Balaban J connectivity index is 1.75. The van der Waals surface area contributed by atoms with Gasteiger partial charge in [-0.1, -0.05) is 18.7 Å². The Morgan fingerprint density at radius 2 is 2.13 bits per heavy atom. The Morgan fingerprint density at radius 1 is 1.30 bits per heavy atom. The third kappa shape index (κ3) is 4.18. The van der Waals surface area contributed by atoms with Gasteiger partial charge in [0.15, 0.2) is 5.16 Å². The summed E-state index contributed by atoms with van der Waals surface area (Å²) in [6.07, 6.45) is 5.47. The molecule has 3 heterocycles. The lowest BCUT2D eigenvalue weighted by Gasteiger charge is -2.31. The van der Waals surface area contributed by atoms with E-state index in [9.17, 15) is 0 Å². The third-order valence-electron chi connectivity index (χ3n) is 4.62. The van der Waals surface area contributed by atoms with Crippen molar-refractivity contribution in [2.24, 2.45) is 5.92 Å². The molecule has 126 valence electrons. The second kappa shape index (κ2) is 8.02. The van der Waals surface area contributed by atoms with Gasteiger partial charge in [-0.05, 0) is 31.6 Å². The Bertz CT molecular complexity index is 541. The number of nitrogens with zero attached hydrogens (tertiary/aromatic N) is 5. The van der Waals surface area contributed by atoms with E-state index < -0.39 is 0 Å². The van der Waals surface area contributed by atoms with E-state index in [1.807, 2.05) is 0 Å². The molecule has 2 saturated heterocycles. The molecule has 0 amide bonds. The van der Waals surface area contributed by atoms with Gasteiger partial charge in [-0.2, -0.15) is 5.26 Å². The maximum absolute atomic E-state index is 8.74. The predicted octanol–water partition coefficient (Wildman–Crippen LogP) is 2.70. The highest BCUT2D eigenvalue weighted by atomic mass is 32.2. The van der Waals surface area contributed by atoms with E-state index in [4.69, 9.17) is 10.00 Å². The summed E-state index contributed by atoms with van der Waals surface area (Å²) in [4.78, 5) is 2.36. The monoisotopic (exact) mass is 335 g/mol. The fourth-order valence-electron chi connectivity index (χ4n) is 3.17. The fraction of sp³-hybridized carbons (Fsp3) is 0.812. The van der Waals surface area contributed by atoms with Gasteiger partial charge in [-0.15, -0.1) is 10.2 Å². The summed E-state index contributed by atoms with van der Waals surface area (Å²) in [7, 11) is 0. The number of piperidine rings is 1. The average molecular weight is 335 g/mol. The summed E-state index contributed by atoms with van der Waals surface area (Å²) in [6, 6.07) is 2.19. The SMILES string of the molecule is CC1CCN(c2nnc(SCCC#N)n2CC2CCCO2)CC1. The van der Waals surface area contributed by atoms with Crippen LogP contribution in [0.25, 0.3) is 0 Å². The van der Waals surface area contributed by atoms with E-state index in [-0.39, 0.29) is 6.10 Å². The van der Waals surface area contributed by atoms with Gasteiger partial charge >= 0.3 is 0 Å². The van der Waals surface area contributed by atoms with Crippen LogP contribution in [0.1, 0.15) is 39.0 Å². The van der Waals surface area contributed by atoms with Crippen molar-refractivity contribution in [2.75, 3.05) is 30.3 Å². The van der Waals surface area contributed by atoms with Crippen molar-refractivity contribution < 1.29 is 4.74 Å². The molecule has 1 aromatic rings. The molecule has 6 nitrogen and oxygen atoms in total. The molecule has 0 aromatic carbocycles. The molecule has 2 aliphatic heterocycles. The fourth-order valence-corrected chi connectivity index (χ4v) is 3.96. The van der Waals surface area contributed by atoms with Gasteiger partial charge in [0.2, 0.25) is 5.95 Å². The first-order chi connectivity index (χ1) is 11.3. The molecular weight excluding hydrogens is 310 g/mol. The molecule has 23 heavy (non-hydrogen) atoms. The Hall–Kier alpha value is -1.26. The van der Waals surface area contributed by atoms with Crippen LogP contribution in [0.5, 0.6) is 0 Å². The van der Waals surface area contributed by atoms with Crippen molar-refractivity contribution in [3.05, 3.63) is 0 Å². The molecule has 3 rings (SSSR count). The molecule has 0 bridgehead atoms. The highest BCUT2D eigenvalue weighted by Gasteiger charge is 2.25. The minimum absolute atomic E-state index is 0.267. The number of thioether (sulfide) groups is 1. The van der Waals surface area contributed by atoms with Crippen molar-refractivity contribution in [1.29, 1.82) is 5.26 Å². The smallest absolute Gasteiger partial charge is 0.228 e. The van der Waals surface area contributed by atoms with Gasteiger partial charge < -0.3 is 9.64 Å². The summed E-state index contributed by atoms with van der Waals surface area (Å²) in [5.74, 6) is 2.54. The van der Waals surface area contributed by atoms with Crippen LogP contribution in [0, 0.1) is 17.2 Å². The lowest BCUT2D eigenvalue weighted by molar-refractivity contribution is 0.0951. The quantitative estimate of drug-likeness (QED) is 0.588. The van der Waals surface area contributed by atoms with Gasteiger partial charge in [-0.3, -0.25) is 4.57 Å². The van der Waals surface area contributed by atoms with E-state index in [0.717, 1.165) is 61.9 Å². The summed E-state index contributed by atoms with van der Waals surface area (Å²) in [6.45, 7) is 6.10. The number of hydrogen-bond donors (Lipinski definition) is 0. The molecule has 2 fully saturated rings. The summed E-state index contributed by atoms with van der Waals surface area (Å²) < 4.78 is 8.03. The molecule has 0 spiro atoms. The van der Waals surface area contributed by atoms with Crippen LogP contribution in [-0.2, 0) is 11.3 Å². The van der Waals surface area contributed by atoms with Crippen LogP contribution in [0.2, 0.25) is 0 Å². The minimum atomic E-state index is 0.267. The highest BCUT2D eigenvalue weighted by Crippen LogP contribution is 2.28. The zero-order valence-corrected chi connectivity index (χ0v) is 14.6. The maximum Gasteiger partial charge on any atom is 0.228 e. The van der Waals surface area contributed by atoms with Crippen LogP contribution in [0.15, 0.2) is 5.16 Å². The Kier molecular flexibility index (Phi) is 5.79. The molecule has 0 radical (unpaired) electrons. The van der Waals surface area contributed by atoms with Crippen molar-refractivity contribution in [1.82, 2.24) is 14.8 Å². The molecule has 0 saturated carbocycles. The second-order valence-electron chi connectivity index (χ2n) is 6.45. The van der Waals surface area contributed by atoms with Crippen molar-refractivity contribution >= 4 is 17.7 Å².